The zero-order valence-corrected chi connectivity index (χ0v) is 15.6. The highest BCUT2D eigenvalue weighted by atomic mass is 32.1. The van der Waals surface area contributed by atoms with E-state index in [9.17, 15) is 4.79 Å². The second-order valence-electron chi connectivity index (χ2n) is 6.65. The molecule has 1 amide bonds. The van der Waals surface area contributed by atoms with E-state index in [1.54, 1.807) is 17.6 Å². The average molecular weight is 376 g/mol. The molecule has 2 saturated heterocycles. The highest BCUT2D eigenvalue weighted by Gasteiger charge is 2.23. The van der Waals surface area contributed by atoms with E-state index in [0.717, 1.165) is 62.3 Å². The maximum absolute atomic E-state index is 12.4. The molecule has 2 aromatic heterocycles. The third kappa shape index (κ3) is 4.32. The van der Waals surface area contributed by atoms with Crippen molar-refractivity contribution in [3.63, 3.8) is 0 Å². The molecule has 4 rings (SSSR count). The number of rotatable bonds is 5. The molecule has 2 aromatic rings. The Morgan fingerprint density at radius 1 is 1.12 bits per heavy atom. The summed E-state index contributed by atoms with van der Waals surface area (Å²) in [5, 5.41) is 3.15. The van der Waals surface area contributed by atoms with Crippen LogP contribution in [0.5, 0.6) is 0 Å². The van der Waals surface area contributed by atoms with Gasteiger partial charge < -0.3 is 14.1 Å². The first-order valence-electron chi connectivity index (χ1n) is 9.06. The molecule has 0 saturated carbocycles. The lowest BCUT2D eigenvalue weighted by molar-refractivity contribution is -0.136. The van der Waals surface area contributed by atoms with Gasteiger partial charge in [-0.25, -0.2) is 4.98 Å². The minimum Gasteiger partial charge on any atom is -0.463 e. The summed E-state index contributed by atoms with van der Waals surface area (Å²) in [5.41, 5.74) is 0.907. The summed E-state index contributed by atoms with van der Waals surface area (Å²) in [7, 11) is 0. The smallest absolute Gasteiger partial charge is 0.236 e. The van der Waals surface area contributed by atoms with Crippen LogP contribution in [0.3, 0.4) is 0 Å². The second-order valence-corrected chi connectivity index (χ2v) is 7.59. The number of piperazine rings is 1. The molecule has 0 aliphatic carbocycles. The molecule has 7 nitrogen and oxygen atoms in total. The first-order chi connectivity index (χ1) is 12.8. The molecule has 0 radical (unpaired) electrons. The number of amides is 1. The normalized spacial score (nSPS) is 19.8. The molecule has 26 heavy (non-hydrogen) atoms. The van der Waals surface area contributed by atoms with Gasteiger partial charge in [-0.1, -0.05) is 0 Å². The number of morpholine rings is 1. The standard InChI is InChI=1S/C18H24N4O3S/c23-18(22-7-10-24-11-8-22)13-21-5-3-20(4-6-21)12-17-19-15(14-26-17)16-2-1-9-25-16/h1-2,9,14H,3-8,10-13H2. The van der Waals surface area contributed by atoms with Crippen molar-refractivity contribution in [2.45, 2.75) is 6.54 Å². The zero-order chi connectivity index (χ0) is 17.8. The molecule has 2 fully saturated rings. The third-order valence-corrected chi connectivity index (χ3v) is 5.71. The van der Waals surface area contributed by atoms with Crippen LogP contribution in [0, 0.1) is 0 Å². The van der Waals surface area contributed by atoms with Crippen molar-refractivity contribution in [1.82, 2.24) is 19.7 Å². The molecule has 4 heterocycles. The maximum atomic E-state index is 12.4. The molecule has 0 atom stereocenters. The third-order valence-electron chi connectivity index (χ3n) is 4.87. The van der Waals surface area contributed by atoms with Gasteiger partial charge in [-0.2, -0.15) is 0 Å². The first-order valence-corrected chi connectivity index (χ1v) is 9.94. The number of nitrogens with zero attached hydrogens (tertiary/aromatic N) is 4. The van der Waals surface area contributed by atoms with Crippen molar-refractivity contribution in [3.05, 3.63) is 28.8 Å². The summed E-state index contributed by atoms with van der Waals surface area (Å²) >= 11 is 1.67. The summed E-state index contributed by atoms with van der Waals surface area (Å²) in [4.78, 5) is 23.6. The van der Waals surface area contributed by atoms with Crippen LogP contribution in [0.15, 0.2) is 28.2 Å². The monoisotopic (exact) mass is 376 g/mol. The summed E-state index contributed by atoms with van der Waals surface area (Å²) in [6, 6.07) is 3.81. The Hall–Kier alpha value is -1.74. The molecule has 2 aliphatic heterocycles. The number of hydrogen-bond donors (Lipinski definition) is 0. The Morgan fingerprint density at radius 2 is 1.88 bits per heavy atom. The van der Waals surface area contributed by atoms with E-state index < -0.39 is 0 Å². The van der Waals surface area contributed by atoms with Crippen molar-refractivity contribution in [1.29, 1.82) is 0 Å². The highest BCUT2D eigenvalue weighted by molar-refractivity contribution is 7.09. The molecule has 0 spiro atoms. The summed E-state index contributed by atoms with van der Waals surface area (Å²) in [6.07, 6.45) is 1.67. The van der Waals surface area contributed by atoms with Crippen LogP contribution in [0.25, 0.3) is 11.5 Å². The molecule has 0 bridgehead atoms. The van der Waals surface area contributed by atoms with Crippen molar-refractivity contribution in [2.75, 3.05) is 59.0 Å². The molecule has 8 heteroatoms. The van der Waals surface area contributed by atoms with Gasteiger partial charge in [-0.05, 0) is 12.1 Å². The lowest BCUT2D eigenvalue weighted by Crippen LogP contribution is -2.51. The van der Waals surface area contributed by atoms with Crippen LogP contribution in [0.2, 0.25) is 0 Å². The van der Waals surface area contributed by atoms with Gasteiger partial charge >= 0.3 is 0 Å². The van der Waals surface area contributed by atoms with E-state index in [0.29, 0.717) is 19.8 Å². The number of ether oxygens (including phenoxy) is 1. The van der Waals surface area contributed by atoms with Gasteiger partial charge in [-0.15, -0.1) is 11.3 Å². The van der Waals surface area contributed by atoms with Crippen LogP contribution in [-0.4, -0.2) is 84.6 Å². The predicted octanol–water partition coefficient (Wildman–Crippen LogP) is 1.38. The van der Waals surface area contributed by atoms with Crippen molar-refractivity contribution >= 4 is 17.2 Å². The summed E-state index contributed by atoms with van der Waals surface area (Å²) in [5.74, 6) is 1.05. The minimum atomic E-state index is 0.227. The number of hydrogen-bond acceptors (Lipinski definition) is 7. The Bertz CT molecular complexity index is 704. The Kier molecular flexibility index (Phi) is 5.64. The Labute approximate surface area is 157 Å². The van der Waals surface area contributed by atoms with Gasteiger partial charge in [0.25, 0.3) is 0 Å². The van der Waals surface area contributed by atoms with Crippen LogP contribution in [0.4, 0.5) is 0 Å². The maximum Gasteiger partial charge on any atom is 0.236 e. The highest BCUT2D eigenvalue weighted by Crippen LogP contribution is 2.23. The van der Waals surface area contributed by atoms with Crippen LogP contribution in [0.1, 0.15) is 5.01 Å². The molecular formula is C18H24N4O3S. The van der Waals surface area contributed by atoms with Crippen LogP contribution < -0.4 is 0 Å². The molecule has 0 aromatic carbocycles. The molecule has 2 aliphatic rings. The van der Waals surface area contributed by atoms with Crippen LogP contribution in [-0.2, 0) is 16.1 Å². The van der Waals surface area contributed by atoms with Gasteiger partial charge in [0.15, 0.2) is 5.76 Å². The number of furan rings is 1. The average Bonchev–Trinajstić information content (AvgIpc) is 3.36. The topological polar surface area (TPSA) is 62.1 Å². The van der Waals surface area contributed by atoms with E-state index >= 15 is 0 Å². The fourth-order valence-corrected chi connectivity index (χ4v) is 4.15. The van der Waals surface area contributed by atoms with Crippen LogP contribution >= 0.6 is 11.3 Å². The SMILES string of the molecule is O=C(CN1CCN(Cc2nc(-c3ccco3)cs2)CC1)N1CCOCC1. The largest absolute Gasteiger partial charge is 0.463 e. The van der Waals surface area contributed by atoms with E-state index in [-0.39, 0.29) is 5.91 Å². The molecule has 140 valence electrons. The lowest BCUT2D eigenvalue weighted by Gasteiger charge is -2.35. The van der Waals surface area contributed by atoms with E-state index in [1.807, 2.05) is 22.4 Å². The van der Waals surface area contributed by atoms with E-state index in [2.05, 4.69) is 14.8 Å². The first kappa shape index (κ1) is 17.7. The Balaban J connectivity index is 1.23. The minimum absolute atomic E-state index is 0.227. The predicted molar refractivity (Wildman–Crippen MR) is 98.9 cm³/mol. The van der Waals surface area contributed by atoms with Gasteiger partial charge in [0, 0.05) is 44.6 Å². The van der Waals surface area contributed by atoms with Crippen molar-refractivity contribution in [3.8, 4) is 11.5 Å². The van der Waals surface area contributed by atoms with Gasteiger partial charge in [0.1, 0.15) is 10.7 Å². The van der Waals surface area contributed by atoms with E-state index in [4.69, 9.17) is 9.15 Å². The number of carbonyl (C=O) groups excluding carboxylic acids is 1. The van der Waals surface area contributed by atoms with E-state index in [1.165, 1.54) is 0 Å². The van der Waals surface area contributed by atoms with Gasteiger partial charge in [0.2, 0.25) is 5.91 Å². The fourth-order valence-electron chi connectivity index (χ4n) is 3.32. The quantitative estimate of drug-likeness (QED) is 0.786. The fraction of sp³-hybridized carbons (Fsp3) is 0.556. The summed E-state index contributed by atoms with van der Waals surface area (Å²) in [6.45, 7) is 7.92. The van der Waals surface area contributed by atoms with Crippen molar-refractivity contribution in [2.24, 2.45) is 0 Å². The van der Waals surface area contributed by atoms with Gasteiger partial charge in [0.05, 0.1) is 32.6 Å². The molecule has 0 N–H and O–H groups in total. The molecular weight excluding hydrogens is 352 g/mol. The second kappa shape index (κ2) is 8.30. The lowest BCUT2D eigenvalue weighted by atomic mass is 10.3. The van der Waals surface area contributed by atoms with Gasteiger partial charge in [-0.3, -0.25) is 14.6 Å². The number of thiazole rings is 1. The van der Waals surface area contributed by atoms with Crippen molar-refractivity contribution < 1.29 is 13.9 Å². The summed E-state index contributed by atoms with van der Waals surface area (Å²) < 4.78 is 10.7. The molecule has 0 unspecified atom stereocenters. The number of carbonyl (C=O) groups is 1. The number of aromatic nitrogens is 1. The Morgan fingerprint density at radius 3 is 2.62 bits per heavy atom. The zero-order valence-electron chi connectivity index (χ0n) is 14.8.